The Morgan fingerprint density at radius 3 is 2.59 bits per heavy atom. The van der Waals surface area contributed by atoms with Crippen molar-refractivity contribution in [3.8, 4) is 11.1 Å². The average Bonchev–Trinajstić information content (AvgIpc) is 3.35. The number of benzene rings is 1. The number of nitrogens with zero attached hydrogens (tertiary/aromatic N) is 2. The van der Waals surface area contributed by atoms with Crippen LogP contribution in [0.15, 0.2) is 70.0 Å². The molecule has 0 spiro atoms. The lowest BCUT2D eigenvalue weighted by Crippen LogP contribution is -2.22. The van der Waals surface area contributed by atoms with Gasteiger partial charge in [-0.2, -0.15) is 0 Å². The second kappa shape index (κ2) is 8.02. The average molecular weight is 388 g/mol. The first kappa shape index (κ1) is 18.5. The van der Waals surface area contributed by atoms with Gasteiger partial charge in [0.15, 0.2) is 0 Å². The maximum Gasteiger partial charge on any atom is 0.251 e. The summed E-state index contributed by atoms with van der Waals surface area (Å²) < 4.78 is 10.8. The zero-order chi connectivity index (χ0) is 20.2. The molecule has 0 atom stereocenters. The van der Waals surface area contributed by atoms with Gasteiger partial charge in [-0.3, -0.25) is 4.79 Å². The summed E-state index contributed by atoms with van der Waals surface area (Å²) in [6.07, 6.45) is 5.10. The highest BCUT2D eigenvalue weighted by molar-refractivity contribution is 5.95. The molecule has 29 heavy (non-hydrogen) atoms. The molecule has 2 N–H and O–H groups in total. The summed E-state index contributed by atoms with van der Waals surface area (Å²) in [5.41, 5.74) is 3.09. The predicted molar refractivity (Wildman–Crippen MR) is 109 cm³/mol. The fourth-order valence-electron chi connectivity index (χ4n) is 2.93. The maximum atomic E-state index is 12.4. The van der Waals surface area contributed by atoms with E-state index in [1.807, 2.05) is 38.1 Å². The predicted octanol–water partition coefficient (Wildman–Crippen LogP) is 4.62. The van der Waals surface area contributed by atoms with E-state index < -0.39 is 0 Å². The lowest BCUT2D eigenvalue weighted by Gasteiger charge is -2.08. The number of aryl methyl sites for hydroxylation is 2. The monoisotopic (exact) mass is 388 g/mol. The molecule has 4 rings (SSSR count). The molecule has 3 aromatic heterocycles. The molecule has 146 valence electrons. The van der Waals surface area contributed by atoms with Gasteiger partial charge < -0.3 is 19.5 Å². The van der Waals surface area contributed by atoms with Crippen LogP contribution in [-0.4, -0.2) is 15.9 Å². The molecule has 7 heteroatoms. The highest BCUT2D eigenvalue weighted by atomic mass is 16.3. The summed E-state index contributed by atoms with van der Waals surface area (Å²) in [5, 5.41) is 5.97. The van der Waals surface area contributed by atoms with Crippen LogP contribution in [-0.2, 0) is 6.54 Å². The summed E-state index contributed by atoms with van der Waals surface area (Å²) >= 11 is 0. The van der Waals surface area contributed by atoms with Crippen molar-refractivity contribution in [3.63, 3.8) is 0 Å². The van der Waals surface area contributed by atoms with E-state index in [1.54, 1.807) is 36.9 Å². The zero-order valence-electron chi connectivity index (χ0n) is 16.1. The third-order valence-electron chi connectivity index (χ3n) is 4.42. The van der Waals surface area contributed by atoms with E-state index in [0.717, 1.165) is 28.3 Å². The summed E-state index contributed by atoms with van der Waals surface area (Å²) in [5.74, 6) is 2.60. The van der Waals surface area contributed by atoms with Crippen LogP contribution < -0.4 is 10.6 Å². The number of hydrogen-bond donors (Lipinski definition) is 2. The molecule has 0 radical (unpaired) electrons. The van der Waals surface area contributed by atoms with Crippen molar-refractivity contribution < 1.29 is 13.6 Å². The van der Waals surface area contributed by atoms with E-state index in [-0.39, 0.29) is 5.91 Å². The van der Waals surface area contributed by atoms with Crippen molar-refractivity contribution in [2.75, 3.05) is 5.32 Å². The van der Waals surface area contributed by atoms with Crippen molar-refractivity contribution in [3.05, 3.63) is 84.0 Å². The molecule has 1 aromatic carbocycles. The Labute approximate surface area is 167 Å². The van der Waals surface area contributed by atoms with E-state index in [9.17, 15) is 4.79 Å². The highest BCUT2D eigenvalue weighted by Gasteiger charge is 2.09. The zero-order valence-corrected chi connectivity index (χ0v) is 16.1. The van der Waals surface area contributed by atoms with Gasteiger partial charge in [0, 0.05) is 34.8 Å². The Morgan fingerprint density at radius 2 is 1.90 bits per heavy atom. The SMILES string of the molecule is Cc1ccc(CNC(=O)c2cccc(Nc3ncc(-c4ccoc4C)cn3)c2)o1. The second-order valence-electron chi connectivity index (χ2n) is 6.59. The topological polar surface area (TPSA) is 93.2 Å². The number of anilines is 2. The van der Waals surface area contributed by atoms with Gasteiger partial charge in [0.05, 0.1) is 12.8 Å². The Hall–Kier alpha value is -3.87. The minimum Gasteiger partial charge on any atom is -0.469 e. The van der Waals surface area contributed by atoms with E-state index >= 15 is 0 Å². The van der Waals surface area contributed by atoms with Crippen LogP contribution in [0.5, 0.6) is 0 Å². The standard InChI is InChI=1S/C22H20N4O3/c1-14-6-7-19(29-14)13-23-21(27)16-4-3-5-18(10-16)26-22-24-11-17(12-25-22)20-8-9-28-15(20)2/h3-12H,13H2,1-2H3,(H,23,27)(H,24,25,26). The van der Waals surface area contributed by atoms with Gasteiger partial charge in [-0.15, -0.1) is 0 Å². The van der Waals surface area contributed by atoms with Crippen molar-refractivity contribution in [1.82, 2.24) is 15.3 Å². The first-order valence-corrected chi connectivity index (χ1v) is 9.15. The lowest BCUT2D eigenvalue weighted by atomic mass is 10.1. The van der Waals surface area contributed by atoms with Gasteiger partial charge in [0.2, 0.25) is 5.95 Å². The molecule has 0 aliphatic carbocycles. The summed E-state index contributed by atoms with van der Waals surface area (Å²) in [6.45, 7) is 4.10. The Bertz CT molecular complexity index is 1130. The number of nitrogens with one attached hydrogen (secondary N) is 2. The van der Waals surface area contributed by atoms with Gasteiger partial charge in [-0.25, -0.2) is 9.97 Å². The number of carbonyl (C=O) groups excluding carboxylic acids is 1. The van der Waals surface area contributed by atoms with Crippen LogP contribution in [0, 0.1) is 13.8 Å². The van der Waals surface area contributed by atoms with E-state index in [2.05, 4.69) is 20.6 Å². The van der Waals surface area contributed by atoms with Gasteiger partial charge in [0.25, 0.3) is 5.91 Å². The number of furan rings is 2. The highest BCUT2D eigenvalue weighted by Crippen LogP contribution is 2.23. The smallest absolute Gasteiger partial charge is 0.251 e. The first-order valence-electron chi connectivity index (χ1n) is 9.15. The molecule has 4 aromatic rings. The van der Waals surface area contributed by atoms with Crippen molar-refractivity contribution in [2.24, 2.45) is 0 Å². The molecule has 7 nitrogen and oxygen atoms in total. The van der Waals surface area contributed by atoms with Crippen LogP contribution in [0.4, 0.5) is 11.6 Å². The molecule has 1 amide bonds. The summed E-state index contributed by atoms with van der Waals surface area (Å²) in [6, 6.07) is 12.7. The molecule has 0 aliphatic rings. The van der Waals surface area contributed by atoms with Gasteiger partial charge >= 0.3 is 0 Å². The third-order valence-corrected chi connectivity index (χ3v) is 4.42. The maximum absolute atomic E-state index is 12.4. The molecule has 0 saturated heterocycles. The molecule has 0 saturated carbocycles. The normalized spacial score (nSPS) is 10.7. The quantitative estimate of drug-likeness (QED) is 0.501. The van der Waals surface area contributed by atoms with Gasteiger partial charge in [-0.1, -0.05) is 6.07 Å². The van der Waals surface area contributed by atoms with Crippen molar-refractivity contribution in [1.29, 1.82) is 0 Å². The largest absolute Gasteiger partial charge is 0.469 e. The first-order chi connectivity index (χ1) is 14.1. The Kier molecular flexibility index (Phi) is 5.11. The van der Waals surface area contributed by atoms with Crippen LogP contribution in [0.3, 0.4) is 0 Å². The molecular formula is C22H20N4O3. The second-order valence-corrected chi connectivity index (χ2v) is 6.59. The number of aromatic nitrogens is 2. The van der Waals surface area contributed by atoms with Gasteiger partial charge in [-0.05, 0) is 50.2 Å². The molecule has 0 fully saturated rings. The van der Waals surface area contributed by atoms with Gasteiger partial charge in [0.1, 0.15) is 17.3 Å². The Balaban J connectivity index is 1.42. The molecule has 0 bridgehead atoms. The van der Waals surface area contributed by atoms with Crippen LogP contribution in [0.1, 0.15) is 27.6 Å². The van der Waals surface area contributed by atoms with Crippen molar-refractivity contribution in [2.45, 2.75) is 20.4 Å². The van der Waals surface area contributed by atoms with Crippen molar-refractivity contribution >= 4 is 17.5 Å². The van der Waals surface area contributed by atoms with E-state index in [4.69, 9.17) is 8.83 Å². The van der Waals surface area contributed by atoms with Crippen LogP contribution in [0.2, 0.25) is 0 Å². The molecular weight excluding hydrogens is 368 g/mol. The van der Waals surface area contributed by atoms with Crippen LogP contribution >= 0.6 is 0 Å². The number of amides is 1. The minimum absolute atomic E-state index is 0.186. The number of hydrogen-bond acceptors (Lipinski definition) is 6. The van der Waals surface area contributed by atoms with E-state index in [1.165, 1.54) is 0 Å². The summed E-state index contributed by atoms with van der Waals surface area (Å²) in [4.78, 5) is 21.1. The molecule has 0 aliphatic heterocycles. The fourth-order valence-corrected chi connectivity index (χ4v) is 2.93. The third kappa shape index (κ3) is 4.35. The Morgan fingerprint density at radius 1 is 1.07 bits per heavy atom. The molecule has 0 unspecified atom stereocenters. The summed E-state index contributed by atoms with van der Waals surface area (Å²) in [7, 11) is 0. The molecule has 3 heterocycles. The number of carbonyl (C=O) groups is 1. The minimum atomic E-state index is -0.186. The van der Waals surface area contributed by atoms with E-state index in [0.29, 0.717) is 23.8 Å². The van der Waals surface area contributed by atoms with Crippen LogP contribution in [0.25, 0.3) is 11.1 Å². The lowest BCUT2D eigenvalue weighted by molar-refractivity contribution is 0.0948. The number of rotatable bonds is 6. The fraction of sp³-hybridized carbons (Fsp3) is 0.136.